The number of carbonyl (C=O) groups excluding carboxylic acids is 2. The maximum Gasteiger partial charge on any atom is 0.326 e. The van der Waals surface area contributed by atoms with Crippen molar-refractivity contribution in [3.8, 4) is 0 Å². The topological polar surface area (TPSA) is 115 Å². The molecule has 0 radical (unpaired) electrons. The van der Waals surface area contributed by atoms with Gasteiger partial charge in [0.2, 0.25) is 11.8 Å². The molecule has 0 aromatic carbocycles. The van der Waals surface area contributed by atoms with Gasteiger partial charge in [0.25, 0.3) is 0 Å². The molecular formula is C18H28N2O6S2. The fourth-order valence-corrected chi connectivity index (χ4v) is 5.39. The first-order valence-corrected chi connectivity index (χ1v) is 11.3. The number of likely N-dealkylation sites (tertiary alicyclic amines) is 2. The van der Waals surface area contributed by atoms with Gasteiger partial charge in [-0.15, -0.1) is 0 Å². The molecule has 10 heteroatoms. The highest BCUT2D eigenvalue weighted by Gasteiger charge is 2.37. The van der Waals surface area contributed by atoms with E-state index < -0.39 is 60.6 Å². The van der Waals surface area contributed by atoms with Crippen LogP contribution in [0.4, 0.5) is 0 Å². The minimum Gasteiger partial charge on any atom is -0.480 e. The molecule has 8 nitrogen and oxygen atoms in total. The Labute approximate surface area is 181 Å². The van der Waals surface area contributed by atoms with Gasteiger partial charge in [-0.2, -0.15) is 0 Å². The van der Waals surface area contributed by atoms with E-state index >= 15 is 0 Å². The Bertz CT molecular complexity index is 799. The molecule has 2 heterocycles. The quantitative estimate of drug-likeness (QED) is 0.414. The number of carboxylic acids is 2. The number of aliphatic carboxylic acids is 2. The van der Waals surface area contributed by atoms with E-state index in [1.165, 1.54) is 13.8 Å². The summed E-state index contributed by atoms with van der Waals surface area (Å²) in [5.41, 5.74) is 0. The van der Waals surface area contributed by atoms with Gasteiger partial charge in [-0.1, -0.05) is 35.4 Å². The third-order valence-corrected chi connectivity index (χ3v) is 7.06. The Balaban J connectivity index is 1.95. The lowest BCUT2D eigenvalue weighted by Gasteiger charge is -2.25. The SMILES string of the molecule is [2H]C1([2H])CC[C@@]([2H])(C(=O)O)N1C(=O)[C@H](C)CSSC[C@@H](C)C(=O)N1C([2H])([2H])CC[C@@]1([2H])C(=O)O. The highest BCUT2D eigenvalue weighted by Crippen LogP contribution is 2.30. The number of carbonyl (C=O) groups is 4. The van der Waals surface area contributed by atoms with E-state index in [1.54, 1.807) is 0 Å². The second kappa shape index (κ2) is 10.4. The molecule has 2 rings (SSSR count). The second-order valence-electron chi connectivity index (χ2n) is 6.54. The molecule has 0 saturated carbocycles. The Morgan fingerprint density at radius 3 is 1.61 bits per heavy atom. The summed E-state index contributed by atoms with van der Waals surface area (Å²) in [5.74, 6) is -6.17. The molecule has 0 aromatic rings. The standard InChI is InChI=1S/C18H28N2O6S2/c1-11(15(21)19-7-3-5-13(19)17(23)24)9-27-28-10-12(2)16(22)20-8-4-6-14(20)18(25)26/h11-14H,3-10H2,1-2H3,(H,23,24)(H,25,26)/t11-,12-,13+,14+/m1/s1/i7D2,8D2,13D,14D. The van der Waals surface area contributed by atoms with Gasteiger partial charge in [0.15, 0.2) is 0 Å². The van der Waals surface area contributed by atoms with Crippen LogP contribution in [0.3, 0.4) is 0 Å². The maximum atomic E-state index is 12.8. The molecule has 0 unspecified atom stereocenters. The molecule has 0 aromatic heterocycles. The number of hydrogen-bond acceptors (Lipinski definition) is 6. The summed E-state index contributed by atoms with van der Waals surface area (Å²) < 4.78 is 48.0. The molecule has 2 N–H and O–H groups in total. The van der Waals surface area contributed by atoms with Crippen LogP contribution >= 0.6 is 21.6 Å². The number of amides is 2. The highest BCUT2D eigenvalue weighted by atomic mass is 33.1. The Morgan fingerprint density at radius 2 is 1.29 bits per heavy atom. The molecule has 2 saturated heterocycles. The average Bonchev–Trinajstić information content (AvgIpc) is 3.13. The summed E-state index contributed by atoms with van der Waals surface area (Å²) in [4.78, 5) is 49.6. The largest absolute Gasteiger partial charge is 0.480 e. The van der Waals surface area contributed by atoms with Crippen molar-refractivity contribution in [1.82, 2.24) is 9.80 Å². The zero-order valence-electron chi connectivity index (χ0n) is 21.6. The van der Waals surface area contributed by atoms with Crippen molar-refractivity contribution in [3.05, 3.63) is 0 Å². The van der Waals surface area contributed by atoms with Crippen molar-refractivity contribution >= 4 is 45.3 Å². The van der Waals surface area contributed by atoms with Gasteiger partial charge in [-0.3, -0.25) is 9.59 Å². The molecule has 0 spiro atoms. The zero-order valence-corrected chi connectivity index (χ0v) is 17.3. The van der Waals surface area contributed by atoms with Gasteiger partial charge in [-0.05, 0) is 25.7 Å². The predicted octanol–water partition coefficient (Wildman–Crippen LogP) is 1.79. The summed E-state index contributed by atoms with van der Waals surface area (Å²) >= 11 is 0. The van der Waals surface area contributed by atoms with Gasteiger partial charge < -0.3 is 20.0 Å². The summed E-state index contributed by atoms with van der Waals surface area (Å²) in [5, 5.41) is 18.7. The second-order valence-corrected chi connectivity index (χ2v) is 9.09. The van der Waals surface area contributed by atoms with Gasteiger partial charge in [0.05, 0.1) is 2.74 Å². The van der Waals surface area contributed by atoms with E-state index in [2.05, 4.69) is 0 Å². The first-order valence-electron chi connectivity index (χ1n) is 11.8. The highest BCUT2D eigenvalue weighted by molar-refractivity contribution is 8.76. The first-order chi connectivity index (χ1) is 15.4. The zero-order chi connectivity index (χ0) is 26.3. The molecular weight excluding hydrogens is 404 g/mol. The van der Waals surface area contributed by atoms with Crippen molar-refractivity contribution in [1.29, 1.82) is 0 Å². The van der Waals surface area contributed by atoms with Crippen LogP contribution in [0.15, 0.2) is 0 Å². The lowest BCUT2D eigenvalue weighted by Crippen LogP contribution is -2.43. The molecule has 4 atom stereocenters. The number of rotatable bonds is 9. The lowest BCUT2D eigenvalue weighted by atomic mass is 10.1. The molecule has 2 fully saturated rings. The van der Waals surface area contributed by atoms with Crippen molar-refractivity contribution in [2.45, 2.75) is 51.6 Å². The predicted molar refractivity (Wildman–Crippen MR) is 108 cm³/mol. The van der Waals surface area contributed by atoms with Crippen molar-refractivity contribution in [3.63, 3.8) is 0 Å². The molecule has 28 heavy (non-hydrogen) atoms. The van der Waals surface area contributed by atoms with E-state index in [9.17, 15) is 29.4 Å². The number of nitrogens with zero attached hydrogens (tertiary/aromatic N) is 2. The minimum atomic E-state index is -2.38. The molecule has 158 valence electrons. The average molecular weight is 439 g/mol. The third-order valence-electron chi connectivity index (χ3n) is 4.30. The lowest BCUT2D eigenvalue weighted by molar-refractivity contribution is -0.149. The van der Waals surface area contributed by atoms with Crippen LogP contribution < -0.4 is 0 Å². The molecule has 0 bridgehead atoms. The van der Waals surface area contributed by atoms with Crippen LogP contribution in [-0.2, 0) is 19.2 Å². The number of hydrogen-bond donors (Lipinski definition) is 2. The summed E-state index contributed by atoms with van der Waals surface area (Å²) in [6.45, 7) is -1.54. The van der Waals surface area contributed by atoms with Gasteiger partial charge in [0, 0.05) is 41.8 Å². The smallest absolute Gasteiger partial charge is 0.326 e. The fraction of sp³-hybridized carbons (Fsp3) is 0.778. The van der Waals surface area contributed by atoms with Crippen molar-refractivity contribution in [2.24, 2.45) is 11.8 Å². The van der Waals surface area contributed by atoms with Crippen LogP contribution in [0.5, 0.6) is 0 Å². The molecule has 0 aliphatic carbocycles. The number of carboxylic acid groups (broad SMARTS) is 2. The van der Waals surface area contributed by atoms with E-state index in [0.717, 1.165) is 21.6 Å². The Morgan fingerprint density at radius 1 is 0.929 bits per heavy atom. The van der Waals surface area contributed by atoms with Crippen LogP contribution in [0.25, 0.3) is 0 Å². The van der Waals surface area contributed by atoms with Crippen molar-refractivity contribution in [2.75, 3.05) is 24.5 Å². The van der Waals surface area contributed by atoms with Crippen molar-refractivity contribution < 1.29 is 37.6 Å². The van der Waals surface area contributed by atoms with E-state index in [0.29, 0.717) is 9.80 Å². The van der Waals surface area contributed by atoms with Crippen LogP contribution in [0.1, 0.15) is 47.8 Å². The Kier molecular flexibility index (Phi) is 5.72. The monoisotopic (exact) mass is 438 g/mol. The van der Waals surface area contributed by atoms with Gasteiger partial charge >= 0.3 is 11.9 Å². The van der Waals surface area contributed by atoms with Crippen LogP contribution in [0, 0.1) is 11.8 Å². The van der Waals surface area contributed by atoms with Crippen LogP contribution in [-0.4, -0.2) is 80.3 Å². The fourth-order valence-electron chi connectivity index (χ4n) is 2.70. The Hall–Kier alpha value is -1.42. The first kappa shape index (κ1) is 15.4. The summed E-state index contributed by atoms with van der Waals surface area (Å²) in [6, 6.07) is -4.76. The molecule has 2 aliphatic heterocycles. The maximum absolute atomic E-state index is 12.8. The van der Waals surface area contributed by atoms with Gasteiger partial charge in [0.1, 0.15) is 12.0 Å². The molecule has 2 amide bonds. The van der Waals surface area contributed by atoms with E-state index in [4.69, 9.17) is 8.22 Å². The third kappa shape index (κ3) is 5.56. The van der Waals surface area contributed by atoms with E-state index in [-0.39, 0.29) is 37.2 Å². The van der Waals surface area contributed by atoms with Crippen LogP contribution in [0.2, 0.25) is 0 Å². The minimum absolute atomic E-state index is 0.134. The van der Waals surface area contributed by atoms with E-state index in [1.807, 2.05) is 0 Å². The normalized spacial score (nSPS) is 36.2. The molecule has 2 aliphatic rings. The summed E-state index contributed by atoms with van der Waals surface area (Å²) in [7, 11) is 2.32. The summed E-state index contributed by atoms with van der Waals surface area (Å²) in [6.07, 6.45) is -1.18. The van der Waals surface area contributed by atoms with Gasteiger partial charge in [-0.25, -0.2) is 9.59 Å².